The Kier molecular flexibility index (Phi) is 7.83. The molecular formula is C10H15N4Na2O7P. The molecule has 0 bridgehead atoms. The predicted molar refractivity (Wildman–Crippen MR) is 84.1 cm³/mol. The zero-order valence-corrected chi connectivity index (χ0v) is 11.9. The van der Waals surface area contributed by atoms with Crippen molar-refractivity contribution >= 4 is 77.9 Å². The molecule has 11 nitrogen and oxygen atoms in total. The van der Waals surface area contributed by atoms with Crippen molar-refractivity contribution in [2.24, 2.45) is 0 Å². The number of hydrogen-bond donors (Lipinski definition) is 5. The molecule has 124 valence electrons. The maximum atomic E-state index is 11.0. The van der Waals surface area contributed by atoms with Crippen LogP contribution in [-0.4, -0.2) is 128 Å². The Morgan fingerprint density at radius 1 is 1.17 bits per heavy atom. The van der Waals surface area contributed by atoms with Crippen LogP contribution in [0.1, 0.15) is 6.23 Å². The second-order valence-electron chi connectivity index (χ2n) is 4.91. The summed E-state index contributed by atoms with van der Waals surface area (Å²) < 4.78 is 17.6. The maximum absolute atomic E-state index is 11.0. The van der Waals surface area contributed by atoms with Gasteiger partial charge in [-0.05, 0) is 0 Å². The van der Waals surface area contributed by atoms with Crippen LogP contribution in [0.5, 0.6) is 5.88 Å². The van der Waals surface area contributed by atoms with Crippen molar-refractivity contribution in [3.8, 4) is 5.88 Å². The summed E-state index contributed by atoms with van der Waals surface area (Å²) in [4.78, 5) is 29.3. The van der Waals surface area contributed by atoms with E-state index in [0.717, 1.165) is 6.33 Å². The molecule has 1 aliphatic heterocycles. The average molecular weight is 380 g/mol. The van der Waals surface area contributed by atoms with Crippen molar-refractivity contribution in [3.63, 3.8) is 0 Å². The van der Waals surface area contributed by atoms with Gasteiger partial charge < -0.3 is 29.8 Å². The second kappa shape index (κ2) is 8.38. The predicted octanol–water partition coefficient (Wildman–Crippen LogP) is -2.97. The zero-order valence-electron chi connectivity index (χ0n) is 11.0. The molecule has 0 unspecified atom stereocenters. The third-order valence-corrected chi connectivity index (χ3v) is 4.20. The van der Waals surface area contributed by atoms with Crippen LogP contribution in [0.4, 0.5) is 0 Å². The molecule has 0 saturated carbocycles. The quantitative estimate of drug-likeness (QED) is 0.274. The average Bonchev–Trinajstić information content (AvgIpc) is 2.95. The summed E-state index contributed by atoms with van der Waals surface area (Å²) in [6, 6.07) is 0. The second-order valence-corrected chi connectivity index (χ2v) is 6.61. The van der Waals surface area contributed by atoms with Gasteiger partial charge in [0.25, 0.3) is 0 Å². The van der Waals surface area contributed by atoms with Crippen LogP contribution < -0.4 is 0 Å². The van der Waals surface area contributed by atoms with Gasteiger partial charge in [-0.15, -0.1) is 0 Å². The number of aliphatic hydroxyl groups excluding tert-OH is 2. The summed E-state index contributed by atoms with van der Waals surface area (Å²) in [6.07, 6.45) is -3.73. The van der Waals surface area contributed by atoms with Crippen molar-refractivity contribution in [1.82, 2.24) is 19.5 Å². The van der Waals surface area contributed by atoms with Crippen LogP contribution in [-0.2, 0) is 9.30 Å². The Morgan fingerprint density at radius 3 is 2.46 bits per heavy atom. The third kappa shape index (κ3) is 4.37. The van der Waals surface area contributed by atoms with Crippen molar-refractivity contribution < 1.29 is 34.4 Å². The molecule has 1 saturated heterocycles. The number of hydrogen-bond acceptors (Lipinski definition) is 8. The molecule has 1 aliphatic rings. The van der Waals surface area contributed by atoms with Crippen molar-refractivity contribution in [3.05, 3.63) is 12.7 Å². The van der Waals surface area contributed by atoms with Gasteiger partial charge in [0, 0.05) is 0 Å². The van der Waals surface area contributed by atoms with Crippen LogP contribution in [0.25, 0.3) is 11.2 Å². The Bertz CT molecular complexity index is 756. The van der Waals surface area contributed by atoms with E-state index in [1.165, 1.54) is 10.9 Å². The molecule has 1 fully saturated rings. The molecule has 0 radical (unpaired) electrons. The Hall–Kier alpha value is 0.380. The van der Waals surface area contributed by atoms with Gasteiger partial charge in [0.2, 0.25) is 5.88 Å². The fourth-order valence-electron chi connectivity index (χ4n) is 2.37. The minimum absolute atomic E-state index is 0. The van der Waals surface area contributed by atoms with Gasteiger partial charge in [-0.2, -0.15) is 4.98 Å². The molecule has 0 aliphatic carbocycles. The molecule has 14 heteroatoms. The molecular weight excluding hydrogens is 365 g/mol. The Morgan fingerprint density at radius 2 is 1.83 bits per heavy atom. The summed E-state index contributed by atoms with van der Waals surface area (Å²) in [5.41, 5.74) is 0.229. The molecule has 2 aromatic rings. The Balaban J connectivity index is 0.00000144. The topological polar surface area (TPSA) is 171 Å². The molecule has 5 N–H and O–H groups in total. The van der Waals surface area contributed by atoms with Crippen LogP contribution in [0.3, 0.4) is 0 Å². The number of imidazole rings is 1. The first-order valence-corrected chi connectivity index (χ1v) is 8.00. The summed E-state index contributed by atoms with van der Waals surface area (Å²) >= 11 is 0. The van der Waals surface area contributed by atoms with E-state index in [2.05, 4.69) is 15.0 Å². The molecule has 3 heterocycles. The van der Waals surface area contributed by atoms with E-state index in [0.29, 0.717) is 0 Å². The summed E-state index contributed by atoms with van der Waals surface area (Å²) in [5, 5.41) is 29.5. The Labute approximate surface area is 179 Å². The third-order valence-electron chi connectivity index (χ3n) is 3.37. The number of ether oxygens (including phenoxy) is 1. The van der Waals surface area contributed by atoms with Gasteiger partial charge in [-0.1, -0.05) is 0 Å². The monoisotopic (exact) mass is 380 g/mol. The number of aromatic hydroxyl groups is 1. The summed E-state index contributed by atoms with van der Waals surface area (Å²) in [6.45, 7) is 0. The van der Waals surface area contributed by atoms with E-state index < -0.39 is 38.3 Å². The fraction of sp³-hybridized carbons (Fsp3) is 0.500. The zero-order chi connectivity index (χ0) is 16.1. The molecule has 0 amide bonds. The van der Waals surface area contributed by atoms with E-state index in [1.54, 1.807) is 0 Å². The first-order valence-electron chi connectivity index (χ1n) is 6.20. The van der Waals surface area contributed by atoms with Gasteiger partial charge >= 0.3 is 66.7 Å². The van der Waals surface area contributed by atoms with Gasteiger partial charge in [-0.3, -0.25) is 9.13 Å². The number of fused-ring (bicyclic) bond motifs is 1. The number of aromatic nitrogens is 4. The summed E-state index contributed by atoms with van der Waals surface area (Å²) in [7, 11) is -4.42. The van der Waals surface area contributed by atoms with Crippen LogP contribution in [0.15, 0.2) is 12.7 Å². The van der Waals surface area contributed by atoms with Crippen LogP contribution >= 0.6 is 7.60 Å². The van der Waals surface area contributed by atoms with Crippen molar-refractivity contribution in [1.29, 1.82) is 0 Å². The molecule has 2 aromatic heterocycles. The van der Waals surface area contributed by atoms with Crippen molar-refractivity contribution in [2.75, 3.05) is 6.16 Å². The molecule has 4 atom stereocenters. The minimum atomic E-state index is -4.42. The number of aliphatic hydroxyl groups is 2. The molecule has 3 rings (SSSR count). The first kappa shape index (κ1) is 22.4. The molecule has 0 aromatic carbocycles. The van der Waals surface area contributed by atoms with E-state index in [4.69, 9.17) is 14.5 Å². The van der Waals surface area contributed by atoms with Crippen LogP contribution in [0, 0.1) is 0 Å². The molecule has 24 heavy (non-hydrogen) atoms. The van der Waals surface area contributed by atoms with Crippen molar-refractivity contribution in [2.45, 2.75) is 24.5 Å². The van der Waals surface area contributed by atoms with Gasteiger partial charge in [0.15, 0.2) is 17.4 Å². The van der Waals surface area contributed by atoms with E-state index in [9.17, 15) is 19.9 Å². The summed E-state index contributed by atoms with van der Waals surface area (Å²) in [5.74, 6) is -0.358. The fourth-order valence-corrected chi connectivity index (χ4v) is 3.14. The number of nitrogens with zero attached hydrogens (tertiary/aromatic N) is 4. The first-order chi connectivity index (χ1) is 10.3. The van der Waals surface area contributed by atoms with Gasteiger partial charge in [-0.25, -0.2) is 9.97 Å². The van der Waals surface area contributed by atoms with E-state index in [1.807, 2.05) is 0 Å². The van der Waals surface area contributed by atoms with Gasteiger partial charge in [0.05, 0.1) is 12.5 Å². The van der Waals surface area contributed by atoms with Gasteiger partial charge in [0.1, 0.15) is 24.6 Å². The normalized spacial score (nSPS) is 26.8. The number of rotatable bonds is 3. The van der Waals surface area contributed by atoms with Crippen LogP contribution in [0.2, 0.25) is 0 Å². The van der Waals surface area contributed by atoms with E-state index in [-0.39, 0.29) is 76.2 Å². The van der Waals surface area contributed by atoms with E-state index >= 15 is 0 Å². The molecule has 0 spiro atoms. The standard InChI is InChI=1S/C10H13N4O7P.2Na.2H/c15-6-4(1-22(18,19)20)21-10(7(6)16)14-3-13-5-8(14)11-2-12-9(5)17;;;;/h2-4,6-7,10,15-16H,1H2,(H,11,12,17)(H2,18,19,20);;;;/t4-,6-,7-,10-;;;;/m1..../s1. The SMILES string of the molecule is O=P(O)(O)C[C@H]1O[C@@H](n2cnc3c(O)ncnc32)[C@H](O)[C@@H]1O.[NaH].[NaH].